The third-order valence-electron chi connectivity index (χ3n) is 5.35. The van der Waals surface area contributed by atoms with E-state index in [1.165, 1.54) is 10.9 Å². The van der Waals surface area contributed by atoms with Gasteiger partial charge in [0.05, 0.1) is 30.3 Å². The Hall–Kier alpha value is -2.75. The second-order valence-electron chi connectivity index (χ2n) is 8.11. The second-order valence-corrected chi connectivity index (χ2v) is 9.46. The Morgan fingerprint density at radius 1 is 1.26 bits per heavy atom. The quantitative estimate of drug-likeness (QED) is 0.435. The van der Waals surface area contributed by atoms with E-state index in [4.69, 9.17) is 21.1 Å². The molecule has 34 heavy (non-hydrogen) atoms. The van der Waals surface area contributed by atoms with Crippen molar-refractivity contribution in [3.63, 3.8) is 0 Å². The van der Waals surface area contributed by atoms with Gasteiger partial charge in [0.2, 0.25) is 0 Å². The Labute approximate surface area is 210 Å². The highest BCUT2D eigenvalue weighted by atomic mass is 79.9. The molecular weight excluding hydrogens is 524 g/mol. The molecule has 0 spiro atoms. The number of hydrogen-bond donors (Lipinski definition) is 0. The van der Waals surface area contributed by atoms with Crippen LogP contribution in [0.3, 0.4) is 0 Å². The maximum atomic E-state index is 13.2. The maximum Gasteiger partial charge on any atom is 0.282 e. The number of ether oxygens (including phenoxy) is 2. The number of amides is 1. The number of fused-ring (bicyclic) bond motifs is 1. The second kappa shape index (κ2) is 10.7. The van der Waals surface area contributed by atoms with E-state index < -0.39 is 0 Å². The zero-order valence-electron chi connectivity index (χ0n) is 18.8. The fourth-order valence-corrected chi connectivity index (χ4v) is 4.11. The topological polar surface area (TPSA) is 86.0 Å². The predicted octanol–water partition coefficient (Wildman–Crippen LogP) is 4.06. The molecule has 4 rings (SSSR count). The Bertz CT molecular complexity index is 1300. The van der Waals surface area contributed by atoms with Gasteiger partial charge in [-0.25, -0.2) is 4.98 Å². The van der Waals surface area contributed by atoms with Crippen LogP contribution in [0.25, 0.3) is 10.9 Å². The summed E-state index contributed by atoms with van der Waals surface area (Å²) in [7, 11) is 0. The van der Waals surface area contributed by atoms with Crippen LogP contribution in [0, 0.1) is 0 Å². The number of hydrogen-bond acceptors (Lipinski definition) is 6. The molecular formula is C24H24BrClN4O4. The minimum absolute atomic E-state index is 0.0425. The zero-order valence-corrected chi connectivity index (χ0v) is 21.2. The van der Waals surface area contributed by atoms with E-state index in [1.54, 1.807) is 35.2 Å². The molecule has 1 saturated heterocycles. The number of halogens is 2. The molecule has 0 aliphatic carbocycles. The molecule has 1 aromatic heterocycles. The average molecular weight is 548 g/mol. The molecule has 1 amide bonds. The van der Waals surface area contributed by atoms with Crippen molar-refractivity contribution in [3.8, 4) is 5.75 Å². The highest BCUT2D eigenvalue weighted by molar-refractivity contribution is 9.10. The van der Waals surface area contributed by atoms with Crippen molar-refractivity contribution in [2.24, 2.45) is 5.10 Å². The lowest BCUT2D eigenvalue weighted by molar-refractivity contribution is -0.137. The number of carbonyl (C=O) groups excluding carboxylic acids is 1. The van der Waals surface area contributed by atoms with Gasteiger partial charge in [0.1, 0.15) is 11.6 Å². The summed E-state index contributed by atoms with van der Waals surface area (Å²) in [5.41, 5.74) is 0.869. The van der Waals surface area contributed by atoms with Crippen LogP contribution in [0.2, 0.25) is 5.02 Å². The average Bonchev–Trinajstić information content (AvgIpc) is 2.83. The molecule has 2 aromatic carbocycles. The van der Waals surface area contributed by atoms with Crippen LogP contribution in [0.4, 0.5) is 0 Å². The molecule has 2 heterocycles. The van der Waals surface area contributed by atoms with Gasteiger partial charge < -0.3 is 14.4 Å². The fourth-order valence-electron chi connectivity index (χ4n) is 3.57. The molecule has 10 heteroatoms. The van der Waals surface area contributed by atoms with Gasteiger partial charge in [-0.1, -0.05) is 41.4 Å². The normalized spacial score (nSPS) is 14.3. The van der Waals surface area contributed by atoms with Crippen LogP contribution in [0.1, 0.15) is 31.2 Å². The van der Waals surface area contributed by atoms with Crippen LogP contribution in [0.5, 0.6) is 5.75 Å². The summed E-state index contributed by atoms with van der Waals surface area (Å²) in [6, 6.07) is 10.4. The van der Waals surface area contributed by atoms with Gasteiger partial charge in [0, 0.05) is 34.1 Å². The molecule has 0 atom stereocenters. The van der Waals surface area contributed by atoms with Gasteiger partial charge in [-0.3, -0.25) is 9.59 Å². The Morgan fingerprint density at radius 3 is 2.76 bits per heavy atom. The van der Waals surface area contributed by atoms with Crippen molar-refractivity contribution in [2.75, 3.05) is 32.9 Å². The number of carbonyl (C=O) groups is 1. The number of aromatic nitrogens is 2. The molecule has 178 valence electrons. The smallest absolute Gasteiger partial charge is 0.282 e. The van der Waals surface area contributed by atoms with E-state index in [-0.39, 0.29) is 24.0 Å². The van der Waals surface area contributed by atoms with E-state index in [0.29, 0.717) is 59.4 Å². The lowest BCUT2D eigenvalue weighted by Gasteiger charge is -2.26. The lowest BCUT2D eigenvalue weighted by atomic mass is 10.2. The first kappa shape index (κ1) is 24.4. The monoisotopic (exact) mass is 546 g/mol. The third kappa shape index (κ3) is 5.48. The van der Waals surface area contributed by atoms with Crippen molar-refractivity contribution >= 4 is 50.6 Å². The van der Waals surface area contributed by atoms with E-state index in [0.717, 1.165) is 4.47 Å². The molecule has 0 N–H and O–H groups in total. The SMILES string of the molecule is CC(C)c1nc2ccc(Br)cc2c(=O)n1N=Cc1cc(Cl)ccc1OCC(=O)N1CCOCC1. The highest BCUT2D eigenvalue weighted by Gasteiger charge is 2.18. The summed E-state index contributed by atoms with van der Waals surface area (Å²) in [6.45, 7) is 5.91. The summed E-state index contributed by atoms with van der Waals surface area (Å²) < 4.78 is 13.2. The summed E-state index contributed by atoms with van der Waals surface area (Å²) in [4.78, 5) is 32.1. The fraction of sp³-hybridized carbons (Fsp3) is 0.333. The van der Waals surface area contributed by atoms with E-state index >= 15 is 0 Å². The number of nitrogens with zero attached hydrogens (tertiary/aromatic N) is 4. The van der Waals surface area contributed by atoms with Gasteiger partial charge in [-0.05, 0) is 36.4 Å². The van der Waals surface area contributed by atoms with Crippen molar-refractivity contribution in [1.82, 2.24) is 14.6 Å². The standard InChI is InChI=1S/C24H24BrClN4O4/c1-15(2)23-28-20-5-3-17(25)12-19(20)24(32)30(23)27-13-16-11-18(26)4-6-21(16)34-14-22(31)29-7-9-33-10-8-29/h3-6,11-13,15H,7-10,14H2,1-2H3. The zero-order chi connectivity index (χ0) is 24.2. The van der Waals surface area contributed by atoms with Crippen molar-refractivity contribution < 1.29 is 14.3 Å². The third-order valence-corrected chi connectivity index (χ3v) is 6.08. The summed E-state index contributed by atoms with van der Waals surface area (Å²) in [5.74, 6) is 0.802. The Balaban J connectivity index is 1.65. The van der Waals surface area contributed by atoms with Crippen molar-refractivity contribution in [2.45, 2.75) is 19.8 Å². The van der Waals surface area contributed by atoms with Crippen molar-refractivity contribution in [1.29, 1.82) is 0 Å². The minimum atomic E-state index is -0.279. The first-order valence-corrected chi connectivity index (χ1v) is 12.0. The van der Waals surface area contributed by atoms with Crippen LogP contribution >= 0.6 is 27.5 Å². The molecule has 3 aromatic rings. The van der Waals surface area contributed by atoms with Gasteiger partial charge in [0.15, 0.2) is 6.61 Å². The van der Waals surface area contributed by atoms with Gasteiger partial charge >= 0.3 is 0 Å². The molecule has 0 radical (unpaired) electrons. The molecule has 1 aliphatic heterocycles. The van der Waals surface area contributed by atoms with Crippen LogP contribution < -0.4 is 10.3 Å². The molecule has 8 nitrogen and oxygen atoms in total. The first-order valence-electron chi connectivity index (χ1n) is 10.9. The number of morpholine rings is 1. The Morgan fingerprint density at radius 2 is 2.03 bits per heavy atom. The lowest BCUT2D eigenvalue weighted by Crippen LogP contribution is -2.43. The van der Waals surface area contributed by atoms with E-state index in [1.807, 2.05) is 19.9 Å². The highest BCUT2D eigenvalue weighted by Crippen LogP contribution is 2.23. The molecule has 1 aliphatic rings. The van der Waals surface area contributed by atoms with Gasteiger partial charge in [-0.15, -0.1) is 0 Å². The van der Waals surface area contributed by atoms with Crippen molar-refractivity contribution in [3.05, 3.63) is 67.6 Å². The predicted molar refractivity (Wildman–Crippen MR) is 135 cm³/mol. The minimum Gasteiger partial charge on any atom is -0.483 e. The first-order chi connectivity index (χ1) is 16.3. The summed E-state index contributed by atoms with van der Waals surface area (Å²) in [6.07, 6.45) is 1.50. The molecule has 1 fully saturated rings. The van der Waals surface area contributed by atoms with Crippen LogP contribution in [0.15, 0.2) is 50.8 Å². The van der Waals surface area contributed by atoms with Gasteiger partial charge in [0.25, 0.3) is 11.5 Å². The molecule has 0 unspecified atom stereocenters. The Kier molecular flexibility index (Phi) is 7.65. The molecule has 0 bridgehead atoms. The van der Waals surface area contributed by atoms with Crippen LogP contribution in [-0.2, 0) is 9.53 Å². The molecule has 0 saturated carbocycles. The van der Waals surface area contributed by atoms with Gasteiger partial charge in [-0.2, -0.15) is 9.78 Å². The summed E-state index contributed by atoms with van der Waals surface area (Å²) in [5, 5.41) is 5.38. The largest absolute Gasteiger partial charge is 0.483 e. The maximum absolute atomic E-state index is 13.2. The number of rotatable bonds is 6. The van der Waals surface area contributed by atoms with E-state index in [2.05, 4.69) is 26.0 Å². The van der Waals surface area contributed by atoms with Crippen LogP contribution in [-0.4, -0.2) is 59.6 Å². The number of benzene rings is 2. The van der Waals surface area contributed by atoms with E-state index in [9.17, 15) is 9.59 Å². The summed E-state index contributed by atoms with van der Waals surface area (Å²) >= 11 is 9.61.